The highest BCUT2D eigenvalue weighted by atomic mass is 79.9. The smallest absolute Gasteiger partial charge is 0.0646 e. The molecular formula is C13H16BrNO. The van der Waals surface area contributed by atoms with Gasteiger partial charge in [-0.25, -0.2) is 0 Å². The van der Waals surface area contributed by atoms with Crippen LogP contribution < -0.4 is 0 Å². The maximum absolute atomic E-state index is 9.86. The highest BCUT2D eigenvalue weighted by Gasteiger charge is 2.17. The summed E-state index contributed by atoms with van der Waals surface area (Å²) in [5.74, 6) is 0. The summed E-state index contributed by atoms with van der Waals surface area (Å²) in [6.07, 6.45) is 0.657. The first-order valence-corrected chi connectivity index (χ1v) is 6.13. The van der Waals surface area contributed by atoms with E-state index in [2.05, 4.69) is 32.6 Å². The molecule has 3 heteroatoms. The number of hydrogen-bond donors (Lipinski definition) is 1. The largest absolute Gasteiger partial charge is 0.390 e. The second kappa shape index (κ2) is 3.90. The molecule has 0 aliphatic carbocycles. The van der Waals surface area contributed by atoms with Crippen molar-refractivity contribution in [2.45, 2.75) is 25.9 Å². The first-order valence-electron chi connectivity index (χ1n) is 5.34. The molecule has 0 unspecified atom stereocenters. The molecule has 0 spiro atoms. The van der Waals surface area contributed by atoms with Crippen molar-refractivity contribution >= 4 is 26.8 Å². The average molecular weight is 282 g/mol. The van der Waals surface area contributed by atoms with Gasteiger partial charge in [-0.05, 0) is 32.0 Å². The molecule has 2 nitrogen and oxygen atoms in total. The van der Waals surface area contributed by atoms with Crippen LogP contribution in [0.4, 0.5) is 0 Å². The summed E-state index contributed by atoms with van der Waals surface area (Å²) in [6.45, 7) is 3.67. The van der Waals surface area contributed by atoms with Crippen molar-refractivity contribution in [1.29, 1.82) is 0 Å². The fraction of sp³-hybridized carbons (Fsp3) is 0.385. The number of hydrogen-bond acceptors (Lipinski definition) is 1. The van der Waals surface area contributed by atoms with Crippen molar-refractivity contribution < 1.29 is 5.11 Å². The fourth-order valence-corrected chi connectivity index (χ4v) is 2.46. The van der Waals surface area contributed by atoms with E-state index in [0.29, 0.717) is 6.42 Å². The summed E-state index contributed by atoms with van der Waals surface area (Å²) < 4.78 is 3.24. The predicted octanol–water partition coefficient (Wildman–Crippen LogP) is 3.25. The fourth-order valence-electron chi connectivity index (χ4n) is 1.99. The van der Waals surface area contributed by atoms with Crippen molar-refractivity contribution in [3.05, 3.63) is 34.4 Å². The summed E-state index contributed by atoms with van der Waals surface area (Å²) in [5, 5.41) is 11.1. The van der Waals surface area contributed by atoms with E-state index in [-0.39, 0.29) is 0 Å². The predicted molar refractivity (Wildman–Crippen MR) is 70.6 cm³/mol. The van der Waals surface area contributed by atoms with E-state index in [1.165, 1.54) is 10.9 Å². The molecule has 1 N–H and O–H groups in total. The normalized spacial score (nSPS) is 12.3. The van der Waals surface area contributed by atoms with Gasteiger partial charge >= 0.3 is 0 Å². The zero-order chi connectivity index (χ0) is 11.9. The number of aryl methyl sites for hydroxylation is 1. The minimum Gasteiger partial charge on any atom is -0.390 e. The molecule has 0 saturated heterocycles. The van der Waals surface area contributed by atoms with Crippen LogP contribution in [-0.2, 0) is 13.5 Å². The number of benzene rings is 1. The molecule has 0 bridgehead atoms. The Morgan fingerprint density at radius 2 is 2.06 bits per heavy atom. The van der Waals surface area contributed by atoms with Crippen molar-refractivity contribution in [3.63, 3.8) is 0 Å². The number of nitrogens with zero attached hydrogens (tertiary/aromatic N) is 1. The minimum atomic E-state index is -0.672. The molecule has 1 aromatic carbocycles. The number of halogens is 1. The van der Waals surface area contributed by atoms with Crippen molar-refractivity contribution in [2.24, 2.45) is 7.05 Å². The molecule has 0 radical (unpaired) electrons. The monoisotopic (exact) mass is 281 g/mol. The summed E-state index contributed by atoms with van der Waals surface area (Å²) in [7, 11) is 2.04. The minimum absolute atomic E-state index is 0.657. The third-order valence-corrected chi connectivity index (χ3v) is 3.44. The Hall–Kier alpha value is -0.800. The Kier molecular flexibility index (Phi) is 2.84. The first-order chi connectivity index (χ1) is 7.38. The van der Waals surface area contributed by atoms with Crippen LogP contribution in [0.15, 0.2) is 28.7 Å². The van der Waals surface area contributed by atoms with E-state index in [0.717, 1.165) is 10.2 Å². The van der Waals surface area contributed by atoms with Gasteiger partial charge in [0.2, 0.25) is 0 Å². The van der Waals surface area contributed by atoms with E-state index in [1.807, 2.05) is 33.0 Å². The molecule has 86 valence electrons. The Morgan fingerprint density at radius 1 is 1.38 bits per heavy atom. The highest BCUT2D eigenvalue weighted by Crippen LogP contribution is 2.28. The molecule has 0 saturated carbocycles. The zero-order valence-electron chi connectivity index (χ0n) is 9.79. The molecule has 0 amide bonds. The molecule has 1 aromatic heterocycles. The molecule has 2 aromatic rings. The summed E-state index contributed by atoms with van der Waals surface area (Å²) in [6, 6.07) is 8.29. The van der Waals surface area contributed by atoms with Gasteiger partial charge < -0.3 is 9.67 Å². The van der Waals surface area contributed by atoms with E-state index in [9.17, 15) is 5.11 Å². The van der Waals surface area contributed by atoms with Gasteiger partial charge in [0.15, 0.2) is 0 Å². The standard InChI is InChI=1S/C13H16BrNO/c1-13(2,16)8-9-7-10-11(14)5-4-6-12(10)15(9)3/h4-7,16H,8H2,1-3H3. The molecule has 0 fully saturated rings. The van der Waals surface area contributed by atoms with Gasteiger partial charge in [0.1, 0.15) is 0 Å². The summed E-state index contributed by atoms with van der Waals surface area (Å²) in [4.78, 5) is 0. The van der Waals surface area contributed by atoms with Crippen LogP contribution in [0.1, 0.15) is 19.5 Å². The number of aliphatic hydroxyl groups is 1. The lowest BCUT2D eigenvalue weighted by Crippen LogP contribution is -2.23. The van der Waals surface area contributed by atoms with Crippen LogP contribution >= 0.6 is 15.9 Å². The van der Waals surface area contributed by atoms with Gasteiger partial charge in [-0.1, -0.05) is 22.0 Å². The molecule has 0 atom stereocenters. The quantitative estimate of drug-likeness (QED) is 0.898. The average Bonchev–Trinajstić information content (AvgIpc) is 2.44. The van der Waals surface area contributed by atoms with Crippen molar-refractivity contribution in [1.82, 2.24) is 4.57 Å². The highest BCUT2D eigenvalue weighted by molar-refractivity contribution is 9.10. The number of aromatic nitrogens is 1. The van der Waals surface area contributed by atoms with E-state index < -0.39 is 5.60 Å². The molecule has 2 rings (SSSR count). The van der Waals surface area contributed by atoms with E-state index in [1.54, 1.807) is 0 Å². The van der Waals surface area contributed by atoms with Crippen molar-refractivity contribution in [3.8, 4) is 0 Å². The molecule has 0 aliphatic heterocycles. The molecule has 1 heterocycles. The lowest BCUT2D eigenvalue weighted by Gasteiger charge is -2.17. The Morgan fingerprint density at radius 3 is 2.62 bits per heavy atom. The van der Waals surface area contributed by atoms with Gasteiger partial charge in [-0.2, -0.15) is 0 Å². The van der Waals surface area contributed by atoms with Gasteiger partial charge in [0, 0.05) is 34.5 Å². The van der Waals surface area contributed by atoms with Crippen LogP contribution in [0, 0.1) is 0 Å². The van der Waals surface area contributed by atoms with Gasteiger partial charge in [-0.15, -0.1) is 0 Å². The second-order valence-electron chi connectivity index (χ2n) is 4.86. The van der Waals surface area contributed by atoms with Crippen LogP contribution in [0.3, 0.4) is 0 Å². The first kappa shape index (κ1) is 11.7. The Labute approximate surface area is 104 Å². The molecule has 16 heavy (non-hydrogen) atoms. The van der Waals surface area contributed by atoms with E-state index in [4.69, 9.17) is 0 Å². The van der Waals surface area contributed by atoms with Gasteiger partial charge in [-0.3, -0.25) is 0 Å². The Bertz CT molecular complexity index is 522. The van der Waals surface area contributed by atoms with Crippen molar-refractivity contribution in [2.75, 3.05) is 0 Å². The Balaban J connectivity index is 2.56. The lowest BCUT2D eigenvalue weighted by atomic mass is 10.0. The van der Waals surface area contributed by atoms with Crippen LogP contribution in [0.25, 0.3) is 10.9 Å². The second-order valence-corrected chi connectivity index (χ2v) is 5.71. The van der Waals surface area contributed by atoms with Crippen LogP contribution in [-0.4, -0.2) is 15.3 Å². The van der Waals surface area contributed by atoms with Crippen LogP contribution in [0.5, 0.6) is 0 Å². The van der Waals surface area contributed by atoms with Crippen LogP contribution in [0.2, 0.25) is 0 Å². The van der Waals surface area contributed by atoms with Gasteiger partial charge in [0.05, 0.1) is 5.60 Å². The lowest BCUT2D eigenvalue weighted by molar-refractivity contribution is 0.0793. The SMILES string of the molecule is Cn1c(CC(C)(C)O)cc2c(Br)cccc21. The summed E-state index contributed by atoms with van der Waals surface area (Å²) in [5.41, 5.74) is 1.66. The maximum Gasteiger partial charge on any atom is 0.0646 e. The summed E-state index contributed by atoms with van der Waals surface area (Å²) >= 11 is 3.55. The molecular weight excluding hydrogens is 266 g/mol. The van der Waals surface area contributed by atoms with Gasteiger partial charge in [0.25, 0.3) is 0 Å². The number of fused-ring (bicyclic) bond motifs is 1. The number of rotatable bonds is 2. The van der Waals surface area contributed by atoms with E-state index >= 15 is 0 Å². The third-order valence-electron chi connectivity index (χ3n) is 2.75. The topological polar surface area (TPSA) is 25.2 Å². The maximum atomic E-state index is 9.86. The third kappa shape index (κ3) is 2.15. The molecule has 0 aliphatic rings. The zero-order valence-corrected chi connectivity index (χ0v) is 11.4.